The summed E-state index contributed by atoms with van der Waals surface area (Å²) < 4.78 is 5.80. The van der Waals surface area contributed by atoms with Crippen molar-refractivity contribution in [3.63, 3.8) is 0 Å². The summed E-state index contributed by atoms with van der Waals surface area (Å²) in [5, 5.41) is 10.0. The van der Waals surface area contributed by atoms with Crippen molar-refractivity contribution in [3.8, 4) is 5.75 Å². The van der Waals surface area contributed by atoms with Gasteiger partial charge in [-0.1, -0.05) is 42.5 Å². The molecule has 0 aliphatic carbocycles. The van der Waals surface area contributed by atoms with Crippen molar-refractivity contribution in [2.75, 3.05) is 0 Å². The van der Waals surface area contributed by atoms with E-state index in [0.29, 0.717) is 17.9 Å². The number of aliphatic hydroxyl groups excluding tert-OH is 1. The fraction of sp³-hybridized carbons (Fsp3) is 0.250. The summed E-state index contributed by atoms with van der Waals surface area (Å²) in [6.45, 7) is 2.39. The Morgan fingerprint density at radius 3 is 2.45 bits per heavy atom. The maximum Gasteiger partial charge on any atom is 0.137 e. The standard InChI is InChI=1S/C16H16Cl2O2/c1-11-7-8-13(15(19)16(17)18)14(9-11)20-10-12-5-3-2-4-6-12/h2-9,15-16,19H,10H2,1H3. The molecule has 0 spiro atoms. The summed E-state index contributed by atoms with van der Waals surface area (Å²) in [5.41, 5.74) is 2.70. The predicted octanol–water partition coefficient (Wildman–Crippen LogP) is 4.41. The summed E-state index contributed by atoms with van der Waals surface area (Å²) in [7, 11) is 0. The Labute approximate surface area is 128 Å². The van der Waals surface area contributed by atoms with E-state index in [0.717, 1.165) is 11.1 Å². The van der Waals surface area contributed by atoms with Gasteiger partial charge in [-0.3, -0.25) is 0 Å². The Morgan fingerprint density at radius 2 is 1.80 bits per heavy atom. The molecule has 20 heavy (non-hydrogen) atoms. The average molecular weight is 311 g/mol. The molecule has 2 rings (SSSR count). The van der Waals surface area contributed by atoms with E-state index in [-0.39, 0.29) is 0 Å². The van der Waals surface area contributed by atoms with Crippen LogP contribution in [-0.4, -0.2) is 9.94 Å². The van der Waals surface area contributed by atoms with Gasteiger partial charge in [0.1, 0.15) is 23.3 Å². The zero-order valence-corrected chi connectivity index (χ0v) is 12.6. The van der Waals surface area contributed by atoms with E-state index in [9.17, 15) is 5.11 Å². The maximum absolute atomic E-state index is 10.0. The van der Waals surface area contributed by atoms with E-state index in [1.165, 1.54) is 0 Å². The first-order valence-electron chi connectivity index (χ1n) is 6.31. The molecule has 0 aliphatic rings. The van der Waals surface area contributed by atoms with Crippen LogP contribution in [0, 0.1) is 6.92 Å². The molecule has 2 aromatic carbocycles. The molecule has 0 saturated heterocycles. The Hall–Kier alpha value is -1.22. The van der Waals surface area contributed by atoms with Crippen molar-refractivity contribution in [2.45, 2.75) is 24.5 Å². The van der Waals surface area contributed by atoms with Crippen LogP contribution in [0.3, 0.4) is 0 Å². The van der Waals surface area contributed by atoms with Crippen LogP contribution < -0.4 is 4.74 Å². The average Bonchev–Trinajstić information content (AvgIpc) is 2.45. The van der Waals surface area contributed by atoms with Crippen molar-refractivity contribution >= 4 is 23.2 Å². The molecule has 0 aromatic heterocycles. The number of rotatable bonds is 5. The van der Waals surface area contributed by atoms with Gasteiger partial charge in [-0.15, -0.1) is 23.2 Å². The highest BCUT2D eigenvalue weighted by Gasteiger charge is 2.20. The summed E-state index contributed by atoms with van der Waals surface area (Å²) >= 11 is 11.5. The lowest BCUT2D eigenvalue weighted by Gasteiger charge is -2.17. The van der Waals surface area contributed by atoms with E-state index >= 15 is 0 Å². The molecule has 2 nitrogen and oxygen atoms in total. The third-order valence-corrected chi connectivity index (χ3v) is 3.44. The molecular formula is C16H16Cl2O2. The summed E-state index contributed by atoms with van der Waals surface area (Å²) in [6, 6.07) is 15.4. The lowest BCUT2D eigenvalue weighted by molar-refractivity contribution is 0.184. The quantitative estimate of drug-likeness (QED) is 0.829. The van der Waals surface area contributed by atoms with Crippen LogP contribution in [0.4, 0.5) is 0 Å². The number of alkyl halides is 2. The molecule has 1 N–H and O–H groups in total. The van der Waals surface area contributed by atoms with Gasteiger partial charge in [0.2, 0.25) is 0 Å². The van der Waals surface area contributed by atoms with Gasteiger partial charge in [0, 0.05) is 5.56 Å². The van der Waals surface area contributed by atoms with E-state index < -0.39 is 10.9 Å². The van der Waals surface area contributed by atoms with Gasteiger partial charge in [-0.2, -0.15) is 0 Å². The van der Waals surface area contributed by atoms with Crippen LogP contribution in [0.2, 0.25) is 0 Å². The Kier molecular flexibility index (Phi) is 5.30. The normalized spacial score (nSPS) is 12.4. The number of aliphatic hydroxyl groups is 1. The second-order valence-corrected chi connectivity index (χ2v) is 5.76. The largest absolute Gasteiger partial charge is 0.489 e. The van der Waals surface area contributed by atoms with Crippen molar-refractivity contribution in [2.24, 2.45) is 0 Å². The van der Waals surface area contributed by atoms with Gasteiger partial charge < -0.3 is 9.84 Å². The van der Waals surface area contributed by atoms with E-state index in [1.54, 1.807) is 6.07 Å². The number of halogens is 2. The first-order valence-corrected chi connectivity index (χ1v) is 7.18. The second-order valence-electron chi connectivity index (χ2n) is 4.59. The van der Waals surface area contributed by atoms with E-state index in [1.807, 2.05) is 49.4 Å². The van der Waals surface area contributed by atoms with Crippen molar-refractivity contribution < 1.29 is 9.84 Å². The zero-order valence-electron chi connectivity index (χ0n) is 11.1. The number of hydrogen-bond acceptors (Lipinski definition) is 2. The topological polar surface area (TPSA) is 29.5 Å². The molecule has 0 fully saturated rings. The molecule has 0 saturated carbocycles. The molecule has 1 atom stereocenters. The number of ether oxygens (including phenoxy) is 1. The third kappa shape index (κ3) is 3.89. The number of hydrogen-bond donors (Lipinski definition) is 1. The second kappa shape index (κ2) is 6.98. The summed E-state index contributed by atoms with van der Waals surface area (Å²) in [4.78, 5) is -0.892. The zero-order chi connectivity index (χ0) is 14.5. The minimum absolute atomic E-state index is 0.430. The minimum atomic E-state index is -0.968. The molecule has 1 unspecified atom stereocenters. The minimum Gasteiger partial charge on any atom is -0.489 e. The molecule has 0 bridgehead atoms. The van der Waals surface area contributed by atoms with Crippen molar-refractivity contribution in [1.82, 2.24) is 0 Å². The fourth-order valence-corrected chi connectivity index (χ4v) is 2.15. The van der Waals surface area contributed by atoms with Crippen LogP contribution in [-0.2, 0) is 6.61 Å². The van der Waals surface area contributed by atoms with E-state index in [2.05, 4.69) is 0 Å². The van der Waals surface area contributed by atoms with E-state index in [4.69, 9.17) is 27.9 Å². The van der Waals surface area contributed by atoms with Crippen LogP contribution >= 0.6 is 23.2 Å². The van der Waals surface area contributed by atoms with Crippen LogP contribution in [0.15, 0.2) is 48.5 Å². The molecule has 0 radical (unpaired) electrons. The molecule has 106 valence electrons. The van der Waals surface area contributed by atoms with Crippen LogP contribution in [0.5, 0.6) is 5.75 Å². The monoisotopic (exact) mass is 310 g/mol. The highest BCUT2D eigenvalue weighted by Crippen LogP contribution is 2.32. The first kappa shape index (κ1) is 15.2. The van der Waals surface area contributed by atoms with Gasteiger partial charge in [0.05, 0.1) is 0 Å². The highest BCUT2D eigenvalue weighted by atomic mass is 35.5. The Bertz CT molecular complexity index is 556. The molecule has 0 amide bonds. The smallest absolute Gasteiger partial charge is 0.137 e. The number of benzene rings is 2. The summed E-state index contributed by atoms with van der Waals surface area (Å²) in [5.74, 6) is 0.604. The number of aryl methyl sites for hydroxylation is 1. The molecular weight excluding hydrogens is 295 g/mol. The highest BCUT2D eigenvalue weighted by molar-refractivity contribution is 6.44. The van der Waals surface area contributed by atoms with Crippen LogP contribution in [0.25, 0.3) is 0 Å². The molecule has 0 aliphatic heterocycles. The molecule has 4 heteroatoms. The Balaban J connectivity index is 2.19. The van der Waals surface area contributed by atoms with Gasteiger partial charge in [0.25, 0.3) is 0 Å². The molecule has 2 aromatic rings. The van der Waals surface area contributed by atoms with Crippen LogP contribution in [0.1, 0.15) is 22.8 Å². The first-order chi connectivity index (χ1) is 9.58. The van der Waals surface area contributed by atoms with Gasteiger partial charge in [-0.05, 0) is 24.1 Å². The van der Waals surface area contributed by atoms with Gasteiger partial charge >= 0.3 is 0 Å². The van der Waals surface area contributed by atoms with Crippen molar-refractivity contribution in [3.05, 3.63) is 65.2 Å². The predicted molar refractivity (Wildman–Crippen MR) is 82.4 cm³/mol. The SMILES string of the molecule is Cc1ccc(C(O)C(Cl)Cl)c(OCc2ccccc2)c1. The summed E-state index contributed by atoms with van der Waals surface area (Å²) in [6.07, 6.45) is -0.968. The van der Waals surface area contributed by atoms with Gasteiger partial charge in [0.15, 0.2) is 0 Å². The van der Waals surface area contributed by atoms with Crippen molar-refractivity contribution in [1.29, 1.82) is 0 Å². The van der Waals surface area contributed by atoms with Gasteiger partial charge in [-0.25, -0.2) is 0 Å². The fourth-order valence-electron chi connectivity index (χ4n) is 1.88. The third-order valence-electron chi connectivity index (χ3n) is 2.96. The lowest BCUT2D eigenvalue weighted by Crippen LogP contribution is -2.09. The Morgan fingerprint density at radius 1 is 1.10 bits per heavy atom. The molecule has 0 heterocycles. The maximum atomic E-state index is 10.0. The lowest BCUT2D eigenvalue weighted by atomic mass is 10.1.